The van der Waals surface area contributed by atoms with Crippen molar-refractivity contribution >= 4 is 21.6 Å². The fraction of sp³-hybridized carbons (Fsp3) is 0.286. The molecule has 1 rings (SSSR count). The SMILES string of the molecule is COc1nc(C)c(Br)cc1[N+](=O)[O-]. The number of nitro groups is 1. The van der Waals surface area contributed by atoms with E-state index in [0.29, 0.717) is 10.2 Å². The van der Waals surface area contributed by atoms with Crippen LogP contribution in [0.4, 0.5) is 5.69 Å². The molecule has 1 heterocycles. The average molecular weight is 247 g/mol. The number of nitrogens with zero attached hydrogens (tertiary/aromatic N) is 2. The second kappa shape index (κ2) is 3.69. The Kier molecular flexibility index (Phi) is 2.82. The van der Waals surface area contributed by atoms with Crippen LogP contribution in [0.1, 0.15) is 5.69 Å². The number of ether oxygens (including phenoxy) is 1. The lowest BCUT2D eigenvalue weighted by molar-refractivity contribution is -0.386. The van der Waals surface area contributed by atoms with Gasteiger partial charge in [-0.05, 0) is 22.9 Å². The first-order valence-corrected chi connectivity index (χ1v) is 4.21. The molecule has 70 valence electrons. The predicted octanol–water partition coefficient (Wildman–Crippen LogP) is 2.07. The van der Waals surface area contributed by atoms with Crippen LogP contribution in [0, 0.1) is 17.0 Å². The van der Waals surface area contributed by atoms with Gasteiger partial charge in [0.05, 0.1) is 17.7 Å². The molecule has 13 heavy (non-hydrogen) atoms. The fourth-order valence-electron chi connectivity index (χ4n) is 0.830. The Bertz CT molecular complexity index is 354. The Morgan fingerprint density at radius 3 is 2.77 bits per heavy atom. The highest BCUT2D eigenvalue weighted by Crippen LogP contribution is 2.29. The molecule has 5 nitrogen and oxygen atoms in total. The molecule has 0 N–H and O–H groups in total. The summed E-state index contributed by atoms with van der Waals surface area (Å²) in [6, 6.07) is 1.38. The third-order valence-corrected chi connectivity index (χ3v) is 2.29. The standard InChI is InChI=1S/C7H7BrN2O3/c1-4-5(8)3-6(10(11)12)7(9-4)13-2/h3H,1-2H3. The molecule has 0 aromatic carbocycles. The first-order chi connectivity index (χ1) is 6.06. The number of methoxy groups -OCH3 is 1. The highest BCUT2D eigenvalue weighted by molar-refractivity contribution is 9.10. The first-order valence-electron chi connectivity index (χ1n) is 3.41. The Morgan fingerprint density at radius 1 is 1.69 bits per heavy atom. The molecule has 0 saturated carbocycles. The molecular formula is C7H7BrN2O3. The Hall–Kier alpha value is -1.17. The zero-order valence-corrected chi connectivity index (χ0v) is 8.66. The molecule has 0 aliphatic rings. The average Bonchev–Trinajstić information content (AvgIpc) is 2.08. The van der Waals surface area contributed by atoms with Crippen molar-refractivity contribution in [3.63, 3.8) is 0 Å². The highest BCUT2D eigenvalue weighted by atomic mass is 79.9. The molecule has 0 bridgehead atoms. The monoisotopic (exact) mass is 246 g/mol. The van der Waals surface area contributed by atoms with Gasteiger partial charge >= 0.3 is 5.69 Å². The van der Waals surface area contributed by atoms with E-state index in [1.165, 1.54) is 13.2 Å². The summed E-state index contributed by atoms with van der Waals surface area (Å²) in [6.45, 7) is 1.73. The number of pyridine rings is 1. The quantitative estimate of drug-likeness (QED) is 0.592. The number of aromatic nitrogens is 1. The molecule has 0 unspecified atom stereocenters. The maximum atomic E-state index is 10.5. The minimum Gasteiger partial charge on any atom is -0.476 e. The molecule has 1 aromatic heterocycles. The van der Waals surface area contributed by atoms with Gasteiger partial charge in [0.25, 0.3) is 5.88 Å². The summed E-state index contributed by atoms with van der Waals surface area (Å²) in [6.07, 6.45) is 0. The zero-order valence-electron chi connectivity index (χ0n) is 7.07. The van der Waals surface area contributed by atoms with Crippen LogP contribution < -0.4 is 4.74 Å². The topological polar surface area (TPSA) is 65.3 Å². The van der Waals surface area contributed by atoms with Crippen LogP contribution >= 0.6 is 15.9 Å². The van der Waals surface area contributed by atoms with Crippen LogP contribution in [0.15, 0.2) is 10.5 Å². The van der Waals surface area contributed by atoms with Crippen LogP contribution in [0.5, 0.6) is 5.88 Å². The summed E-state index contributed by atoms with van der Waals surface area (Å²) in [7, 11) is 1.35. The number of hydrogen-bond acceptors (Lipinski definition) is 4. The number of hydrogen-bond donors (Lipinski definition) is 0. The predicted molar refractivity (Wildman–Crippen MR) is 49.9 cm³/mol. The molecule has 0 radical (unpaired) electrons. The summed E-state index contributed by atoms with van der Waals surface area (Å²) in [5.74, 6) is 0.0331. The van der Waals surface area contributed by atoms with E-state index < -0.39 is 4.92 Å². The van der Waals surface area contributed by atoms with E-state index in [2.05, 4.69) is 20.9 Å². The van der Waals surface area contributed by atoms with Crippen molar-refractivity contribution in [1.82, 2.24) is 4.98 Å². The van der Waals surface area contributed by atoms with Crippen molar-refractivity contribution in [1.29, 1.82) is 0 Å². The third kappa shape index (κ3) is 1.95. The summed E-state index contributed by atoms with van der Waals surface area (Å²) < 4.78 is 5.37. The van der Waals surface area contributed by atoms with Gasteiger partial charge in [-0.1, -0.05) is 0 Å². The van der Waals surface area contributed by atoms with Gasteiger partial charge in [0, 0.05) is 10.5 Å². The maximum absolute atomic E-state index is 10.5. The lowest BCUT2D eigenvalue weighted by Gasteiger charge is -2.02. The molecule has 0 atom stereocenters. The molecule has 6 heteroatoms. The zero-order chi connectivity index (χ0) is 10.0. The molecule has 1 aromatic rings. The van der Waals surface area contributed by atoms with E-state index in [1.54, 1.807) is 6.92 Å². The van der Waals surface area contributed by atoms with Crippen LogP contribution in [0.3, 0.4) is 0 Å². The van der Waals surface area contributed by atoms with Gasteiger partial charge in [-0.2, -0.15) is 0 Å². The van der Waals surface area contributed by atoms with Crippen molar-refractivity contribution in [3.8, 4) is 5.88 Å². The van der Waals surface area contributed by atoms with E-state index in [4.69, 9.17) is 4.74 Å². The van der Waals surface area contributed by atoms with Gasteiger partial charge in [0.15, 0.2) is 0 Å². The van der Waals surface area contributed by atoms with E-state index in [0.717, 1.165) is 0 Å². The van der Waals surface area contributed by atoms with Gasteiger partial charge in [0.2, 0.25) is 0 Å². The highest BCUT2D eigenvalue weighted by Gasteiger charge is 2.17. The van der Waals surface area contributed by atoms with Gasteiger partial charge in [-0.3, -0.25) is 10.1 Å². The lowest BCUT2D eigenvalue weighted by atomic mass is 10.3. The van der Waals surface area contributed by atoms with Gasteiger partial charge in [-0.25, -0.2) is 4.98 Å². The molecule has 0 amide bonds. The fourth-order valence-corrected chi connectivity index (χ4v) is 1.14. The number of halogens is 1. The van der Waals surface area contributed by atoms with Gasteiger partial charge in [0.1, 0.15) is 0 Å². The van der Waals surface area contributed by atoms with E-state index in [9.17, 15) is 10.1 Å². The maximum Gasteiger partial charge on any atom is 0.332 e. The van der Waals surface area contributed by atoms with Crippen molar-refractivity contribution in [3.05, 3.63) is 26.3 Å². The molecule has 0 aliphatic heterocycles. The lowest BCUT2D eigenvalue weighted by Crippen LogP contribution is -1.98. The second-order valence-corrected chi connectivity index (χ2v) is 3.20. The van der Waals surface area contributed by atoms with Gasteiger partial charge in [-0.15, -0.1) is 0 Å². The normalized spacial score (nSPS) is 9.77. The van der Waals surface area contributed by atoms with E-state index >= 15 is 0 Å². The van der Waals surface area contributed by atoms with E-state index in [1.807, 2.05) is 0 Å². The van der Waals surface area contributed by atoms with Crippen LogP contribution in [0.2, 0.25) is 0 Å². The van der Waals surface area contributed by atoms with Gasteiger partial charge < -0.3 is 4.74 Å². The third-order valence-electron chi connectivity index (χ3n) is 1.49. The molecule has 0 fully saturated rings. The first kappa shape index (κ1) is 9.91. The Morgan fingerprint density at radius 2 is 2.31 bits per heavy atom. The van der Waals surface area contributed by atoms with Crippen molar-refractivity contribution in [2.75, 3.05) is 7.11 Å². The van der Waals surface area contributed by atoms with Crippen molar-refractivity contribution in [2.45, 2.75) is 6.92 Å². The summed E-state index contributed by atoms with van der Waals surface area (Å²) in [4.78, 5) is 13.9. The molecule has 0 saturated heterocycles. The molecular weight excluding hydrogens is 240 g/mol. The minimum atomic E-state index is -0.532. The van der Waals surface area contributed by atoms with Crippen molar-refractivity contribution in [2.24, 2.45) is 0 Å². The number of aryl methyl sites for hydroxylation is 1. The largest absolute Gasteiger partial charge is 0.476 e. The molecule has 0 spiro atoms. The number of rotatable bonds is 2. The minimum absolute atomic E-state index is 0.0331. The van der Waals surface area contributed by atoms with Crippen LogP contribution in [-0.4, -0.2) is 17.0 Å². The summed E-state index contributed by atoms with van der Waals surface area (Å²) in [5, 5.41) is 10.5. The molecule has 0 aliphatic carbocycles. The van der Waals surface area contributed by atoms with Crippen LogP contribution in [-0.2, 0) is 0 Å². The smallest absolute Gasteiger partial charge is 0.332 e. The van der Waals surface area contributed by atoms with Crippen LogP contribution in [0.25, 0.3) is 0 Å². The Labute approximate surface area is 83.0 Å². The second-order valence-electron chi connectivity index (χ2n) is 2.34. The Balaban J connectivity index is 3.33. The summed E-state index contributed by atoms with van der Waals surface area (Å²) in [5.41, 5.74) is 0.516. The van der Waals surface area contributed by atoms with E-state index in [-0.39, 0.29) is 11.6 Å². The van der Waals surface area contributed by atoms with Crippen molar-refractivity contribution < 1.29 is 9.66 Å². The summed E-state index contributed by atoms with van der Waals surface area (Å²) >= 11 is 3.16.